The van der Waals surface area contributed by atoms with Gasteiger partial charge < -0.3 is 14.8 Å². The minimum atomic E-state index is -0.403. The summed E-state index contributed by atoms with van der Waals surface area (Å²) in [6.45, 7) is 3.88. The Morgan fingerprint density at radius 3 is 2.06 bits per heavy atom. The Kier molecular flexibility index (Phi) is 5.52. The SMILES string of the molecule is COc1cc(NC2=C(c3cccs3)C(=O)N(c3cc(C)cc(C)c3)C2=O)cc(OC)c1. The van der Waals surface area contributed by atoms with Gasteiger partial charge in [-0.15, -0.1) is 11.3 Å². The van der Waals surface area contributed by atoms with Crippen LogP contribution in [-0.4, -0.2) is 26.0 Å². The zero-order valence-electron chi connectivity index (χ0n) is 17.7. The van der Waals surface area contributed by atoms with Crippen LogP contribution in [0.4, 0.5) is 11.4 Å². The highest BCUT2D eigenvalue weighted by molar-refractivity contribution is 7.11. The number of thiophene rings is 1. The first-order valence-electron chi connectivity index (χ1n) is 9.66. The van der Waals surface area contributed by atoms with E-state index in [0.29, 0.717) is 28.4 Å². The van der Waals surface area contributed by atoms with Crippen LogP contribution in [0, 0.1) is 13.8 Å². The number of hydrogen-bond donors (Lipinski definition) is 1. The Hall–Kier alpha value is -3.58. The van der Waals surface area contributed by atoms with Crippen LogP contribution in [0.2, 0.25) is 0 Å². The standard InChI is InChI=1S/C24H22N2O4S/c1-14-8-15(2)10-17(9-14)26-23(27)21(20-6-5-7-31-20)22(24(26)28)25-16-11-18(29-3)13-19(12-16)30-4/h5-13,25H,1-4H3. The molecule has 158 valence electrons. The lowest BCUT2D eigenvalue weighted by Crippen LogP contribution is -2.32. The molecule has 2 aromatic carbocycles. The fourth-order valence-electron chi connectivity index (χ4n) is 3.63. The van der Waals surface area contributed by atoms with Crippen molar-refractivity contribution < 1.29 is 19.1 Å². The van der Waals surface area contributed by atoms with Crippen molar-refractivity contribution in [3.63, 3.8) is 0 Å². The first-order chi connectivity index (χ1) is 14.9. The van der Waals surface area contributed by atoms with Crippen molar-refractivity contribution in [2.75, 3.05) is 24.4 Å². The van der Waals surface area contributed by atoms with Gasteiger partial charge in [0.15, 0.2) is 0 Å². The Morgan fingerprint density at radius 2 is 1.52 bits per heavy atom. The number of ether oxygens (including phenoxy) is 2. The number of carbonyl (C=O) groups is 2. The molecule has 0 aliphatic carbocycles. The summed E-state index contributed by atoms with van der Waals surface area (Å²) in [6, 6.07) is 14.6. The molecule has 7 heteroatoms. The maximum absolute atomic E-state index is 13.5. The van der Waals surface area contributed by atoms with Gasteiger partial charge in [0.1, 0.15) is 17.2 Å². The number of amides is 2. The molecule has 0 saturated heterocycles. The van der Waals surface area contributed by atoms with Crippen molar-refractivity contribution in [2.45, 2.75) is 13.8 Å². The molecule has 0 atom stereocenters. The number of hydrogen-bond acceptors (Lipinski definition) is 6. The Labute approximate surface area is 184 Å². The van der Waals surface area contributed by atoms with E-state index < -0.39 is 5.91 Å². The maximum atomic E-state index is 13.5. The van der Waals surface area contributed by atoms with Crippen LogP contribution >= 0.6 is 11.3 Å². The normalized spacial score (nSPS) is 13.7. The Bertz CT molecular complexity index is 1160. The van der Waals surface area contributed by atoms with Crippen molar-refractivity contribution >= 4 is 40.1 Å². The highest BCUT2D eigenvalue weighted by Gasteiger charge is 2.40. The van der Waals surface area contributed by atoms with E-state index in [9.17, 15) is 9.59 Å². The van der Waals surface area contributed by atoms with Gasteiger partial charge in [0.05, 0.1) is 25.5 Å². The lowest BCUT2D eigenvalue weighted by molar-refractivity contribution is -0.120. The third-order valence-corrected chi connectivity index (χ3v) is 5.82. The van der Waals surface area contributed by atoms with Crippen molar-refractivity contribution in [1.29, 1.82) is 0 Å². The predicted octanol–water partition coefficient (Wildman–Crippen LogP) is 4.78. The van der Waals surface area contributed by atoms with Gasteiger partial charge in [-0.25, -0.2) is 4.90 Å². The number of methoxy groups -OCH3 is 2. The average molecular weight is 435 g/mol. The Morgan fingerprint density at radius 1 is 0.871 bits per heavy atom. The van der Waals surface area contributed by atoms with Crippen LogP contribution in [0.25, 0.3) is 5.57 Å². The largest absolute Gasteiger partial charge is 0.497 e. The van der Waals surface area contributed by atoms with Gasteiger partial charge in [0.2, 0.25) is 0 Å². The summed E-state index contributed by atoms with van der Waals surface area (Å²) in [5.74, 6) is 0.390. The summed E-state index contributed by atoms with van der Waals surface area (Å²) in [5.41, 5.74) is 3.67. The van der Waals surface area contributed by atoms with Crippen LogP contribution in [-0.2, 0) is 9.59 Å². The second-order valence-corrected chi connectivity index (χ2v) is 8.19. The number of imide groups is 1. The van der Waals surface area contributed by atoms with Crippen molar-refractivity contribution in [1.82, 2.24) is 0 Å². The van der Waals surface area contributed by atoms with E-state index >= 15 is 0 Å². The molecular formula is C24H22N2O4S. The topological polar surface area (TPSA) is 67.9 Å². The number of nitrogens with one attached hydrogen (secondary N) is 1. The lowest BCUT2D eigenvalue weighted by Gasteiger charge is -2.17. The monoisotopic (exact) mass is 434 g/mol. The summed E-state index contributed by atoms with van der Waals surface area (Å²) in [5, 5.41) is 5.03. The van der Waals surface area contributed by atoms with Gasteiger partial charge in [-0.2, -0.15) is 0 Å². The number of rotatable bonds is 6. The molecule has 0 fully saturated rings. The molecule has 0 unspecified atom stereocenters. The fourth-order valence-corrected chi connectivity index (χ4v) is 4.40. The maximum Gasteiger partial charge on any atom is 0.282 e. The average Bonchev–Trinajstić information content (AvgIpc) is 3.33. The molecule has 6 nitrogen and oxygen atoms in total. The highest BCUT2D eigenvalue weighted by Crippen LogP contribution is 2.37. The first-order valence-corrected chi connectivity index (χ1v) is 10.5. The minimum absolute atomic E-state index is 0.224. The van der Waals surface area contributed by atoms with Crippen LogP contribution < -0.4 is 19.7 Å². The van der Waals surface area contributed by atoms with Crippen LogP contribution in [0.15, 0.2) is 59.6 Å². The van der Waals surface area contributed by atoms with E-state index in [1.807, 2.05) is 49.6 Å². The summed E-state index contributed by atoms with van der Waals surface area (Å²) in [7, 11) is 3.11. The van der Waals surface area contributed by atoms with Crippen LogP contribution in [0.3, 0.4) is 0 Å². The van der Waals surface area contributed by atoms with Gasteiger partial charge >= 0.3 is 0 Å². The molecule has 1 aromatic heterocycles. The molecule has 2 heterocycles. The molecular weight excluding hydrogens is 412 g/mol. The highest BCUT2D eigenvalue weighted by atomic mass is 32.1. The van der Waals surface area contributed by atoms with E-state index in [-0.39, 0.29) is 11.6 Å². The molecule has 2 amide bonds. The van der Waals surface area contributed by atoms with E-state index in [0.717, 1.165) is 16.0 Å². The van der Waals surface area contributed by atoms with Gasteiger partial charge in [0, 0.05) is 28.8 Å². The fraction of sp³-hybridized carbons (Fsp3) is 0.167. The molecule has 1 aliphatic heterocycles. The smallest absolute Gasteiger partial charge is 0.282 e. The van der Waals surface area contributed by atoms with Gasteiger partial charge in [-0.3, -0.25) is 9.59 Å². The molecule has 3 aromatic rings. The molecule has 4 rings (SSSR count). The summed E-state index contributed by atoms with van der Waals surface area (Å²) < 4.78 is 10.7. The van der Waals surface area contributed by atoms with E-state index in [1.54, 1.807) is 32.4 Å². The molecule has 0 bridgehead atoms. The van der Waals surface area contributed by atoms with E-state index in [1.165, 1.54) is 16.2 Å². The number of anilines is 2. The molecule has 31 heavy (non-hydrogen) atoms. The van der Waals surface area contributed by atoms with Crippen molar-refractivity contribution in [3.05, 3.63) is 75.6 Å². The molecule has 1 aliphatic rings. The molecule has 0 radical (unpaired) electrons. The second kappa shape index (κ2) is 8.28. The summed E-state index contributed by atoms with van der Waals surface area (Å²) >= 11 is 1.41. The van der Waals surface area contributed by atoms with Crippen LogP contribution in [0.5, 0.6) is 11.5 Å². The number of aryl methyl sites for hydroxylation is 2. The van der Waals surface area contributed by atoms with Crippen LogP contribution in [0.1, 0.15) is 16.0 Å². The molecule has 0 spiro atoms. The predicted molar refractivity (Wildman–Crippen MR) is 123 cm³/mol. The first kappa shape index (κ1) is 20.7. The van der Waals surface area contributed by atoms with E-state index in [2.05, 4.69) is 5.32 Å². The number of nitrogens with zero attached hydrogens (tertiary/aromatic N) is 1. The third kappa shape index (κ3) is 3.92. The minimum Gasteiger partial charge on any atom is -0.497 e. The molecule has 0 saturated carbocycles. The quantitative estimate of drug-likeness (QED) is 0.566. The van der Waals surface area contributed by atoms with Gasteiger partial charge in [-0.05, 0) is 48.6 Å². The van der Waals surface area contributed by atoms with E-state index in [4.69, 9.17) is 9.47 Å². The number of carbonyl (C=O) groups excluding carboxylic acids is 2. The third-order valence-electron chi connectivity index (χ3n) is 4.94. The zero-order chi connectivity index (χ0) is 22.1. The number of benzene rings is 2. The van der Waals surface area contributed by atoms with Crippen molar-refractivity contribution in [3.8, 4) is 11.5 Å². The Balaban J connectivity index is 1.81. The van der Waals surface area contributed by atoms with Gasteiger partial charge in [0.25, 0.3) is 11.8 Å². The molecule has 1 N–H and O–H groups in total. The zero-order valence-corrected chi connectivity index (χ0v) is 18.5. The van der Waals surface area contributed by atoms with Crippen molar-refractivity contribution in [2.24, 2.45) is 0 Å². The summed E-state index contributed by atoms with van der Waals surface area (Å²) in [4.78, 5) is 28.9. The van der Waals surface area contributed by atoms with Gasteiger partial charge in [-0.1, -0.05) is 12.1 Å². The second-order valence-electron chi connectivity index (χ2n) is 7.25. The summed E-state index contributed by atoms with van der Waals surface area (Å²) in [6.07, 6.45) is 0. The lowest BCUT2D eigenvalue weighted by atomic mass is 10.1.